The maximum atomic E-state index is 13.1. The third kappa shape index (κ3) is 4.44. The first-order chi connectivity index (χ1) is 13.7. The fraction of sp³-hybridized carbons (Fsp3) is 0.263. The zero-order valence-corrected chi connectivity index (χ0v) is 19.0. The monoisotopic (exact) mass is 493 g/mol. The molecule has 0 atom stereocenters. The fourth-order valence-electron chi connectivity index (χ4n) is 3.07. The lowest BCUT2D eigenvalue weighted by Crippen LogP contribution is -2.16. The number of carbonyl (C=O) groups excluding carboxylic acids is 1. The Morgan fingerprint density at radius 1 is 1.21 bits per heavy atom. The molecule has 7 nitrogen and oxygen atoms in total. The number of fused-ring (bicyclic) bond motifs is 1. The van der Waals surface area contributed by atoms with Crippen LogP contribution in [0.5, 0.6) is 0 Å². The lowest BCUT2D eigenvalue weighted by Gasteiger charge is -2.18. The molecular formula is C19H18BrClN5O2P. The lowest BCUT2D eigenvalue weighted by atomic mass is 10.2. The van der Waals surface area contributed by atoms with E-state index < -0.39 is 7.14 Å². The van der Waals surface area contributed by atoms with Gasteiger partial charge in [0.15, 0.2) is 0 Å². The van der Waals surface area contributed by atoms with Gasteiger partial charge in [0.25, 0.3) is 0 Å². The third-order valence-electron chi connectivity index (χ3n) is 4.55. The maximum absolute atomic E-state index is 13.1. The van der Waals surface area contributed by atoms with E-state index in [0.717, 1.165) is 18.2 Å². The van der Waals surface area contributed by atoms with Crippen LogP contribution in [0.1, 0.15) is 12.8 Å². The highest BCUT2D eigenvalue weighted by Crippen LogP contribution is 2.42. The van der Waals surface area contributed by atoms with E-state index in [0.29, 0.717) is 32.6 Å². The Morgan fingerprint density at radius 2 is 1.97 bits per heavy atom. The van der Waals surface area contributed by atoms with E-state index in [1.54, 1.807) is 31.7 Å². The number of halogens is 2. The van der Waals surface area contributed by atoms with Crippen LogP contribution >= 0.6 is 34.7 Å². The van der Waals surface area contributed by atoms with Gasteiger partial charge >= 0.3 is 0 Å². The number of hydrogen-bond donors (Lipinski definition) is 2. The Labute approximate surface area is 181 Å². The SMILES string of the molecule is CP(C)(=O)c1c(Nc2nc(Cl)ncc2Br)ccc2nc(NC(=O)C3CC3)ccc12. The molecule has 29 heavy (non-hydrogen) atoms. The van der Waals surface area contributed by atoms with Gasteiger partial charge in [-0.05, 0) is 78.0 Å². The molecule has 2 N–H and O–H groups in total. The lowest BCUT2D eigenvalue weighted by molar-refractivity contribution is -0.117. The van der Waals surface area contributed by atoms with Gasteiger partial charge < -0.3 is 15.2 Å². The molecule has 1 aliphatic rings. The molecule has 0 aliphatic heterocycles. The van der Waals surface area contributed by atoms with Crippen molar-refractivity contribution in [1.82, 2.24) is 15.0 Å². The number of pyridine rings is 1. The Kier molecular flexibility index (Phi) is 5.36. The number of hydrogen-bond acceptors (Lipinski definition) is 6. The van der Waals surface area contributed by atoms with Crippen LogP contribution in [0.4, 0.5) is 17.3 Å². The first-order valence-corrected chi connectivity index (χ1v) is 12.7. The van der Waals surface area contributed by atoms with Crippen molar-refractivity contribution in [2.45, 2.75) is 12.8 Å². The van der Waals surface area contributed by atoms with Crippen LogP contribution in [-0.4, -0.2) is 34.2 Å². The summed E-state index contributed by atoms with van der Waals surface area (Å²) < 4.78 is 13.8. The van der Waals surface area contributed by atoms with Gasteiger partial charge in [0.05, 0.1) is 15.7 Å². The van der Waals surface area contributed by atoms with Crippen LogP contribution in [0, 0.1) is 5.92 Å². The predicted octanol–water partition coefficient (Wildman–Crippen LogP) is 4.78. The summed E-state index contributed by atoms with van der Waals surface area (Å²) in [7, 11) is -2.70. The van der Waals surface area contributed by atoms with E-state index in [-0.39, 0.29) is 17.1 Å². The molecule has 2 aromatic heterocycles. The summed E-state index contributed by atoms with van der Waals surface area (Å²) in [5.74, 6) is 1.06. The average Bonchev–Trinajstić information content (AvgIpc) is 3.49. The molecule has 10 heteroatoms. The number of amides is 1. The number of anilines is 3. The molecule has 0 saturated heterocycles. The number of rotatable bonds is 5. The Morgan fingerprint density at radius 3 is 2.66 bits per heavy atom. The zero-order chi connectivity index (χ0) is 20.8. The highest BCUT2D eigenvalue weighted by molar-refractivity contribution is 9.10. The van der Waals surface area contributed by atoms with Gasteiger partial charge in [-0.25, -0.2) is 9.97 Å². The van der Waals surface area contributed by atoms with Crippen molar-refractivity contribution in [3.05, 3.63) is 40.2 Å². The minimum atomic E-state index is -2.70. The van der Waals surface area contributed by atoms with E-state index in [2.05, 4.69) is 41.5 Å². The fourth-order valence-corrected chi connectivity index (χ4v) is 4.98. The van der Waals surface area contributed by atoms with Crippen LogP contribution in [-0.2, 0) is 9.36 Å². The molecule has 4 rings (SSSR count). The number of nitrogens with zero attached hydrogens (tertiary/aromatic N) is 3. The maximum Gasteiger partial charge on any atom is 0.228 e. The Hall–Kier alpha value is -2.02. The summed E-state index contributed by atoms with van der Waals surface area (Å²) in [5.41, 5.74) is 1.31. The number of nitrogens with one attached hydrogen (secondary N) is 2. The van der Waals surface area contributed by atoms with Crippen molar-refractivity contribution in [3.63, 3.8) is 0 Å². The van der Waals surface area contributed by atoms with Gasteiger partial charge in [-0.15, -0.1) is 0 Å². The van der Waals surface area contributed by atoms with Crippen molar-refractivity contribution < 1.29 is 9.36 Å². The first-order valence-electron chi connectivity index (χ1n) is 8.97. The minimum Gasteiger partial charge on any atom is -0.339 e. The van der Waals surface area contributed by atoms with E-state index >= 15 is 0 Å². The van der Waals surface area contributed by atoms with Crippen molar-refractivity contribution in [1.29, 1.82) is 0 Å². The average molecular weight is 495 g/mol. The molecule has 2 heterocycles. The molecule has 0 radical (unpaired) electrons. The van der Waals surface area contributed by atoms with E-state index in [4.69, 9.17) is 11.6 Å². The Bertz CT molecular complexity index is 1180. The molecule has 1 fully saturated rings. The van der Waals surface area contributed by atoms with Crippen LogP contribution < -0.4 is 15.9 Å². The standard InChI is InChI=1S/C19H18BrClN5O2P/c1-29(2,28)16-11-5-8-15(25-18(27)10-3-4-10)23-13(11)6-7-14(16)24-17-12(20)9-22-19(21)26-17/h5-10H,3-4H2,1-2H3,(H,22,24,26)(H,23,25,27). The molecule has 3 aromatic rings. The summed E-state index contributed by atoms with van der Waals surface area (Å²) in [6.45, 7) is 3.41. The first kappa shape index (κ1) is 20.3. The van der Waals surface area contributed by atoms with E-state index in [1.165, 1.54) is 0 Å². The molecule has 1 aromatic carbocycles. The number of benzene rings is 1. The molecule has 0 bridgehead atoms. The summed E-state index contributed by atoms with van der Waals surface area (Å²) in [6, 6.07) is 7.20. The van der Waals surface area contributed by atoms with Crippen LogP contribution in [0.15, 0.2) is 34.9 Å². The molecule has 1 aliphatic carbocycles. The quantitative estimate of drug-likeness (QED) is 0.391. The highest BCUT2D eigenvalue weighted by atomic mass is 79.9. The topological polar surface area (TPSA) is 96.9 Å². The summed E-state index contributed by atoms with van der Waals surface area (Å²) in [4.78, 5) is 24.7. The van der Waals surface area contributed by atoms with E-state index in [1.807, 2.05) is 12.1 Å². The van der Waals surface area contributed by atoms with Crippen molar-refractivity contribution in [2.75, 3.05) is 24.0 Å². The van der Waals surface area contributed by atoms with Crippen LogP contribution in [0.3, 0.4) is 0 Å². The molecule has 150 valence electrons. The van der Waals surface area contributed by atoms with Crippen LogP contribution in [0.2, 0.25) is 5.28 Å². The summed E-state index contributed by atoms with van der Waals surface area (Å²) >= 11 is 9.31. The second-order valence-corrected chi connectivity index (χ2v) is 11.6. The number of aromatic nitrogens is 3. The molecule has 1 amide bonds. The van der Waals surface area contributed by atoms with Gasteiger partial charge in [0, 0.05) is 22.8 Å². The second kappa shape index (κ2) is 7.67. The second-order valence-electron chi connectivity index (χ2n) is 7.30. The van der Waals surface area contributed by atoms with Crippen molar-refractivity contribution in [3.8, 4) is 0 Å². The molecular weight excluding hydrogens is 477 g/mol. The van der Waals surface area contributed by atoms with Crippen molar-refractivity contribution >= 4 is 74.1 Å². The van der Waals surface area contributed by atoms with Gasteiger partial charge in [-0.3, -0.25) is 4.79 Å². The van der Waals surface area contributed by atoms with Crippen molar-refractivity contribution in [2.24, 2.45) is 5.92 Å². The Balaban J connectivity index is 1.77. The number of carbonyl (C=O) groups is 1. The zero-order valence-electron chi connectivity index (χ0n) is 15.7. The largest absolute Gasteiger partial charge is 0.339 e. The third-order valence-corrected chi connectivity index (χ3v) is 6.87. The predicted molar refractivity (Wildman–Crippen MR) is 120 cm³/mol. The summed E-state index contributed by atoms with van der Waals surface area (Å²) in [5, 5.41) is 7.56. The highest BCUT2D eigenvalue weighted by Gasteiger charge is 2.30. The molecule has 0 unspecified atom stereocenters. The van der Waals surface area contributed by atoms with Gasteiger partial charge in [-0.2, -0.15) is 4.98 Å². The smallest absolute Gasteiger partial charge is 0.228 e. The van der Waals surface area contributed by atoms with Gasteiger partial charge in [0.1, 0.15) is 18.8 Å². The van der Waals surface area contributed by atoms with Gasteiger partial charge in [-0.1, -0.05) is 0 Å². The summed E-state index contributed by atoms with van der Waals surface area (Å²) in [6.07, 6.45) is 3.40. The van der Waals surface area contributed by atoms with Gasteiger partial charge in [0.2, 0.25) is 11.2 Å². The normalized spacial score (nSPS) is 14.1. The molecule has 0 spiro atoms. The van der Waals surface area contributed by atoms with Crippen LogP contribution in [0.25, 0.3) is 10.9 Å². The minimum absolute atomic E-state index is 0.00231. The van der Waals surface area contributed by atoms with E-state index in [9.17, 15) is 9.36 Å². The molecule has 1 saturated carbocycles.